The van der Waals surface area contributed by atoms with Crippen LogP contribution in [0, 0.1) is 27.7 Å². The van der Waals surface area contributed by atoms with Gasteiger partial charge in [-0.15, -0.1) is 0 Å². The van der Waals surface area contributed by atoms with Crippen molar-refractivity contribution < 1.29 is 0 Å². The zero-order chi connectivity index (χ0) is 19.1. The Balaban J connectivity index is 1.89. The van der Waals surface area contributed by atoms with Crippen LogP contribution < -0.4 is 11.1 Å². The van der Waals surface area contributed by atoms with Crippen LogP contribution in [0.15, 0.2) is 36.4 Å². The van der Waals surface area contributed by atoms with Gasteiger partial charge in [-0.05, 0) is 62.1 Å². The van der Waals surface area contributed by atoms with Crippen LogP contribution in [0.25, 0.3) is 21.7 Å². The smallest absolute Gasteiger partial charge is 0.182 e. The molecule has 5 nitrogen and oxygen atoms in total. The molecule has 2 heterocycles. The molecule has 0 radical (unpaired) electrons. The van der Waals surface area contributed by atoms with E-state index in [-0.39, 0.29) is 0 Å². The zero-order valence-electron chi connectivity index (χ0n) is 15.8. The standard InChI is InChI=1S/C21H21N5S/c1-11-8-9-15(10-14(11)4)23-19-17-20(27-21(22)24-17)26-18(25-19)16-12(2)6-5-7-13(16)3/h5-10H,1-4H3,(H2,22,24)(H,23,25,26). The summed E-state index contributed by atoms with van der Waals surface area (Å²) in [4.78, 5) is 14.8. The summed E-state index contributed by atoms with van der Waals surface area (Å²) in [6.45, 7) is 8.35. The molecule has 0 saturated carbocycles. The van der Waals surface area contributed by atoms with Crippen molar-refractivity contribution in [3.8, 4) is 11.4 Å². The minimum Gasteiger partial charge on any atom is -0.375 e. The molecule has 0 bridgehead atoms. The fraction of sp³-hybridized carbons (Fsp3) is 0.190. The summed E-state index contributed by atoms with van der Waals surface area (Å²) in [5, 5.41) is 3.90. The molecule has 2 aromatic heterocycles. The van der Waals surface area contributed by atoms with Gasteiger partial charge in [0, 0.05) is 11.3 Å². The Hall–Kier alpha value is -2.99. The molecule has 0 aliphatic heterocycles. The van der Waals surface area contributed by atoms with E-state index in [0.717, 1.165) is 27.2 Å². The SMILES string of the molecule is Cc1ccc(Nc2nc(-c3c(C)cccc3C)nc3sc(N)nc23)cc1C. The van der Waals surface area contributed by atoms with Crippen molar-refractivity contribution in [1.29, 1.82) is 0 Å². The monoisotopic (exact) mass is 375 g/mol. The molecule has 4 rings (SSSR count). The normalized spacial score (nSPS) is 11.1. The van der Waals surface area contributed by atoms with Crippen molar-refractivity contribution in [2.75, 3.05) is 11.1 Å². The van der Waals surface area contributed by atoms with E-state index >= 15 is 0 Å². The molecule has 0 spiro atoms. The van der Waals surface area contributed by atoms with Crippen molar-refractivity contribution in [1.82, 2.24) is 15.0 Å². The molecule has 2 aromatic carbocycles. The van der Waals surface area contributed by atoms with E-state index in [1.165, 1.54) is 22.5 Å². The van der Waals surface area contributed by atoms with Crippen molar-refractivity contribution in [3.63, 3.8) is 0 Å². The average Bonchev–Trinajstić information content (AvgIpc) is 2.99. The summed E-state index contributed by atoms with van der Waals surface area (Å²) in [6.07, 6.45) is 0. The third-order valence-electron chi connectivity index (χ3n) is 4.75. The van der Waals surface area contributed by atoms with Gasteiger partial charge in [0.1, 0.15) is 5.52 Å². The zero-order valence-corrected chi connectivity index (χ0v) is 16.6. The number of benzene rings is 2. The average molecular weight is 376 g/mol. The molecule has 0 unspecified atom stereocenters. The Labute approximate surface area is 162 Å². The lowest BCUT2D eigenvalue weighted by atomic mass is 10.0. The lowest BCUT2D eigenvalue weighted by molar-refractivity contribution is 1.19. The number of hydrogen-bond donors (Lipinski definition) is 2. The minimum absolute atomic E-state index is 0.487. The van der Waals surface area contributed by atoms with Crippen molar-refractivity contribution >= 4 is 38.3 Å². The van der Waals surface area contributed by atoms with E-state index in [0.29, 0.717) is 22.3 Å². The van der Waals surface area contributed by atoms with Gasteiger partial charge >= 0.3 is 0 Å². The first kappa shape index (κ1) is 17.4. The van der Waals surface area contributed by atoms with Gasteiger partial charge in [-0.1, -0.05) is 35.6 Å². The van der Waals surface area contributed by atoms with Gasteiger partial charge in [-0.2, -0.15) is 0 Å². The van der Waals surface area contributed by atoms with E-state index in [4.69, 9.17) is 15.7 Å². The van der Waals surface area contributed by atoms with Gasteiger partial charge in [-0.3, -0.25) is 0 Å². The van der Waals surface area contributed by atoms with Gasteiger partial charge in [0.05, 0.1) is 0 Å². The molecule has 6 heteroatoms. The first-order chi connectivity index (χ1) is 12.9. The number of fused-ring (bicyclic) bond motifs is 1. The van der Waals surface area contributed by atoms with Crippen LogP contribution in [-0.2, 0) is 0 Å². The molecule has 0 aliphatic carbocycles. The summed E-state index contributed by atoms with van der Waals surface area (Å²) in [7, 11) is 0. The Morgan fingerprint density at radius 3 is 2.30 bits per heavy atom. The summed E-state index contributed by atoms with van der Waals surface area (Å²) < 4.78 is 0. The summed E-state index contributed by atoms with van der Waals surface area (Å²) >= 11 is 1.38. The summed E-state index contributed by atoms with van der Waals surface area (Å²) in [5.41, 5.74) is 13.4. The highest BCUT2D eigenvalue weighted by molar-refractivity contribution is 7.21. The topological polar surface area (TPSA) is 76.7 Å². The Bertz CT molecular complexity index is 1140. The first-order valence-electron chi connectivity index (χ1n) is 8.77. The highest BCUT2D eigenvalue weighted by Crippen LogP contribution is 2.33. The third kappa shape index (κ3) is 3.24. The number of rotatable bonds is 3. The van der Waals surface area contributed by atoms with Crippen LogP contribution in [0.1, 0.15) is 22.3 Å². The Morgan fingerprint density at radius 1 is 0.852 bits per heavy atom. The number of hydrogen-bond acceptors (Lipinski definition) is 6. The number of nitrogens with two attached hydrogens (primary N) is 1. The Kier molecular flexibility index (Phi) is 4.28. The number of thiazole rings is 1. The molecule has 0 atom stereocenters. The van der Waals surface area contributed by atoms with Crippen LogP contribution in [0.4, 0.5) is 16.6 Å². The van der Waals surface area contributed by atoms with Crippen molar-refractivity contribution in [3.05, 3.63) is 58.7 Å². The first-order valence-corrected chi connectivity index (χ1v) is 9.59. The summed E-state index contributed by atoms with van der Waals surface area (Å²) in [6, 6.07) is 12.5. The highest BCUT2D eigenvalue weighted by Gasteiger charge is 2.16. The van der Waals surface area contributed by atoms with Crippen molar-refractivity contribution in [2.24, 2.45) is 0 Å². The van der Waals surface area contributed by atoms with Crippen LogP contribution >= 0.6 is 11.3 Å². The van der Waals surface area contributed by atoms with E-state index in [2.05, 4.69) is 62.3 Å². The number of aromatic nitrogens is 3. The molecular formula is C21H21N5S. The predicted molar refractivity (Wildman–Crippen MR) is 114 cm³/mol. The molecule has 0 fully saturated rings. The second kappa shape index (κ2) is 6.63. The lowest BCUT2D eigenvalue weighted by Gasteiger charge is -2.12. The quantitative estimate of drug-likeness (QED) is 0.507. The fourth-order valence-electron chi connectivity index (χ4n) is 3.16. The van der Waals surface area contributed by atoms with Crippen LogP contribution in [0.3, 0.4) is 0 Å². The number of nitrogens with zero attached hydrogens (tertiary/aromatic N) is 3. The van der Waals surface area contributed by atoms with Gasteiger partial charge in [0.15, 0.2) is 21.6 Å². The van der Waals surface area contributed by atoms with E-state index < -0.39 is 0 Å². The third-order valence-corrected chi connectivity index (χ3v) is 5.53. The fourth-order valence-corrected chi connectivity index (χ4v) is 3.87. The molecule has 27 heavy (non-hydrogen) atoms. The Morgan fingerprint density at radius 2 is 1.59 bits per heavy atom. The van der Waals surface area contributed by atoms with Gasteiger partial charge in [-0.25, -0.2) is 15.0 Å². The number of nitrogens with one attached hydrogen (secondary N) is 1. The van der Waals surface area contributed by atoms with Crippen LogP contribution in [0.5, 0.6) is 0 Å². The number of nitrogen functional groups attached to an aromatic ring is 1. The molecule has 0 saturated heterocycles. The maximum absolute atomic E-state index is 5.96. The molecular weight excluding hydrogens is 354 g/mol. The van der Waals surface area contributed by atoms with Crippen LogP contribution in [-0.4, -0.2) is 15.0 Å². The van der Waals surface area contributed by atoms with E-state index in [9.17, 15) is 0 Å². The predicted octanol–water partition coefficient (Wildman–Crippen LogP) is 5.31. The lowest BCUT2D eigenvalue weighted by Crippen LogP contribution is -2.01. The molecule has 3 N–H and O–H groups in total. The number of aryl methyl sites for hydroxylation is 4. The van der Waals surface area contributed by atoms with Gasteiger partial charge < -0.3 is 11.1 Å². The maximum Gasteiger partial charge on any atom is 0.182 e. The van der Waals surface area contributed by atoms with Gasteiger partial charge in [0.25, 0.3) is 0 Å². The van der Waals surface area contributed by atoms with Crippen LogP contribution in [0.2, 0.25) is 0 Å². The molecule has 0 amide bonds. The second-order valence-electron chi connectivity index (χ2n) is 6.79. The van der Waals surface area contributed by atoms with Gasteiger partial charge in [0.2, 0.25) is 0 Å². The van der Waals surface area contributed by atoms with E-state index in [1.54, 1.807) is 0 Å². The maximum atomic E-state index is 5.96. The number of anilines is 3. The molecule has 0 aliphatic rings. The molecule has 136 valence electrons. The van der Waals surface area contributed by atoms with E-state index in [1.807, 2.05) is 12.1 Å². The second-order valence-corrected chi connectivity index (χ2v) is 7.80. The largest absolute Gasteiger partial charge is 0.375 e. The molecule has 4 aromatic rings. The summed E-state index contributed by atoms with van der Waals surface area (Å²) in [5.74, 6) is 1.36. The minimum atomic E-state index is 0.487. The highest BCUT2D eigenvalue weighted by atomic mass is 32.1. The van der Waals surface area contributed by atoms with Crippen molar-refractivity contribution in [2.45, 2.75) is 27.7 Å².